The topological polar surface area (TPSA) is 108 Å². The molecule has 0 aliphatic carbocycles. The van der Waals surface area contributed by atoms with Crippen LogP contribution in [0.1, 0.15) is 16.2 Å². The summed E-state index contributed by atoms with van der Waals surface area (Å²) in [5, 5.41) is 6.97. The quantitative estimate of drug-likeness (QED) is 0.782. The van der Waals surface area contributed by atoms with Gasteiger partial charge in [0.05, 0.1) is 11.8 Å². The van der Waals surface area contributed by atoms with E-state index in [9.17, 15) is 4.79 Å². The lowest BCUT2D eigenvalue weighted by Crippen LogP contribution is -2.10. The number of rotatable bonds is 5. The molecule has 2 aromatic heterocycles. The molecule has 8 nitrogen and oxygen atoms in total. The van der Waals surface area contributed by atoms with Gasteiger partial charge in [-0.2, -0.15) is 5.10 Å². The van der Waals surface area contributed by atoms with Crippen LogP contribution in [0.3, 0.4) is 0 Å². The van der Waals surface area contributed by atoms with Gasteiger partial charge in [0.1, 0.15) is 12.4 Å². The Kier molecular flexibility index (Phi) is 3.71. The number of amides is 1. The zero-order chi connectivity index (χ0) is 13.8. The van der Waals surface area contributed by atoms with Crippen molar-refractivity contribution in [3.63, 3.8) is 0 Å². The molecular formula is C11H14N6O2. The zero-order valence-electron chi connectivity index (χ0n) is 10.6. The summed E-state index contributed by atoms with van der Waals surface area (Å²) in [7, 11) is 3.31. The maximum atomic E-state index is 11.0. The second-order valence-corrected chi connectivity index (χ2v) is 3.75. The number of primary amides is 1. The normalized spacial score (nSPS) is 10.4. The van der Waals surface area contributed by atoms with Crippen molar-refractivity contribution in [2.24, 2.45) is 5.73 Å². The van der Waals surface area contributed by atoms with E-state index in [0.29, 0.717) is 23.0 Å². The van der Waals surface area contributed by atoms with Crippen molar-refractivity contribution in [2.45, 2.75) is 6.61 Å². The van der Waals surface area contributed by atoms with Crippen LogP contribution >= 0.6 is 0 Å². The molecule has 8 heteroatoms. The summed E-state index contributed by atoms with van der Waals surface area (Å²) in [6, 6.07) is 1.71. The van der Waals surface area contributed by atoms with E-state index < -0.39 is 5.91 Å². The summed E-state index contributed by atoms with van der Waals surface area (Å²) >= 11 is 0. The van der Waals surface area contributed by atoms with E-state index in [2.05, 4.69) is 20.4 Å². The third-order valence-electron chi connectivity index (χ3n) is 2.39. The van der Waals surface area contributed by atoms with Crippen molar-refractivity contribution >= 4 is 11.7 Å². The van der Waals surface area contributed by atoms with Crippen molar-refractivity contribution in [1.29, 1.82) is 0 Å². The molecule has 0 aromatic carbocycles. The first-order chi connectivity index (χ1) is 9.13. The molecule has 0 fully saturated rings. The second kappa shape index (κ2) is 5.44. The average Bonchev–Trinajstić information content (AvgIpc) is 2.88. The number of carbonyl (C=O) groups is 1. The minimum absolute atomic E-state index is 0.284. The van der Waals surface area contributed by atoms with E-state index in [0.717, 1.165) is 0 Å². The number of hydrogen-bond acceptors (Lipinski definition) is 6. The molecule has 0 saturated heterocycles. The number of aromatic nitrogens is 4. The van der Waals surface area contributed by atoms with Gasteiger partial charge in [-0.15, -0.1) is 0 Å². The molecule has 0 saturated carbocycles. The molecule has 2 rings (SSSR count). The van der Waals surface area contributed by atoms with Crippen LogP contribution in [0.4, 0.5) is 5.82 Å². The van der Waals surface area contributed by atoms with Crippen molar-refractivity contribution in [1.82, 2.24) is 19.7 Å². The molecular weight excluding hydrogens is 248 g/mol. The molecule has 3 N–H and O–H groups in total. The maximum Gasteiger partial charge on any atom is 0.251 e. The van der Waals surface area contributed by atoms with Gasteiger partial charge in [-0.25, -0.2) is 14.6 Å². The number of ether oxygens (including phenoxy) is 1. The van der Waals surface area contributed by atoms with Gasteiger partial charge in [-0.05, 0) is 0 Å². The summed E-state index contributed by atoms with van der Waals surface area (Å²) in [6.07, 6.45) is 2.90. The molecule has 1 amide bonds. The van der Waals surface area contributed by atoms with Gasteiger partial charge in [0.15, 0.2) is 11.6 Å². The minimum Gasteiger partial charge on any atom is -0.377 e. The van der Waals surface area contributed by atoms with Gasteiger partial charge in [0.2, 0.25) is 0 Å². The number of nitrogens with two attached hydrogens (primary N) is 1. The third kappa shape index (κ3) is 2.86. The van der Waals surface area contributed by atoms with Gasteiger partial charge in [-0.3, -0.25) is 4.79 Å². The lowest BCUT2D eigenvalue weighted by molar-refractivity contribution is 0.100. The Morgan fingerprint density at radius 3 is 2.89 bits per heavy atom. The summed E-state index contributed by atoms with van der Waals surface area (Å²) in [4.78, 5) is 19.6. The zero-order valence-corrected chi connectivity index (χ0v) is 10.6. The number of methoxy groups -OCH3 is 1. The molecule has 0 bridgehead atoms. The predicted molar refractivity (Wildman–Crippen MR) is 67.9 cm³/mol. The molecule has 0 radical (unpaired) electrons. The Bertz CT molecular complexity index is 595. The average molecular weight is 262 g/mol. The van der Waals surface area contributed by atoms with E-state index in [1.54, 1.807) is 20.2 Å². The number of hydrogen-bond donors (Lipinski definition) is 2. The Morgan fingerprint density at radius 2 is 2.32 bits per heavy atom. The van der Waals surface area contributed by atoms with E-state index in [-0.39, 0.29) is 6.61 Å². The van der Waals surface area contributed by atoms with E-state index in [1.165, 1.54) is 17.1 Å². The fourth-order valence-corrected chi connectivity index (χ4v) is 1.50. The van der Waals surface area contributed by atoms with Crippen molar-refractivity contribution < 1.29 is 9.53 Å². The first-order valence-electron chi connectivity index (χ1n) is 5.53. The molecule has 19 heavy (non-hydrogen) atoms. The molecule has 0 unspecified atom stereocenters. The number of nitrogens with one attached hydrogen (secondary N) is 1. The van der Waals surface area contributed by atoms with Crippen LogP contribution in [0.25, 0.3) is 5.82 Å². The Hall–Kier alpha value is -2.48. The van der Waals surface area contributed by atoms with Crippen LogP contribution in [0.15, 0.2) is 18.5 Å². The largest absolute Gasteiger partial charge is 0.377 e. The van der Waals surface area contributed by atoms with E-state index in [4.69, 9.17) is 10.5 Å². The SMILES string of the molecule is CNc1cc(-n2cc(C(N)=O)cn2)nc(COC)n1. The molecule has 2 aromatic rings. The highest BCUT2D eigenvalue weighted by molar-refractivity contribution is 5.92. The summed E-state index contributed by atoms with van der Waals surface area (Å²) in [5.74, 6) is 1.14. The Balaban J connectivity index is 2.41. The minimum atomic E-state index is -0.536. The van der Waals surface area contributed by atoms with Crippen molar-refractivity contribution in [2.75, 3.05) is 19.5 Å². The van der Waals surface area contributed by atoms with Gasteiger partial charge in [0.25, 0.3) is 5.91 Å². The highest BCUT2D eigenvalue weighted by atomic mass is 16.5. The number of carbonyl (C=O) groups excluding carboxylic acids is 1. The van der Waals surface area contributed by atoms with E-state index >= 15 is 0 Å². The highest BCUT2D eigenvalue weighted by Crippen LogP contribution is 2.11. The van der Waals surface area contributed by atoms with Gasteiger partial charge < -0.3 is 15.8 Å². The fraction of sp³-hybridized carbons (Fsp3) is 0.273. The van der Waals surface area contributed by atoms with Crippen LogP contribution in [0, 0.1) is 0 Å². The predicted octanol–water partition coefficient (Wildman–Crippen LogP) is -0.0507. The molecule has 100 valence electrons. The molecule has 0 spiro atoms. The standard InChI is InChI=1S/C11H14N6O2/c1-13-8-3-10(16-9(15-8)6-19-2)17-5-7(4-14-17)11(12)18/h3-5H,6H2,1-2H3,(H2,12,18)(H,13,15,16). The number of anilines is 1. The summed E-state index contributed by atoms with van der Waals surface area (Å²) in [6.45, 7) is 0.284. The van der Waals surface area contributed by atoms with Crippen LogP contribution in [0.5, 0.6) is 0 Å². The molecule has 0 aliphatic heterocycles. The van der Waals surface area contributed by atoms with Crippen molar-refractivity contribution in [3.05, 3.63) is 29.8 Å². The Labute approximate surface area is 109 Å². The molecule has 2 heterocycles. The monoisotopic (exact) mass is 262 g/mol. The fourth-order valence-electron chi connectivity index (χ4n) is 1.50. The Morgan fingerprint density at radius 1 is 1.53 bits per heavy atom. The number of nitrogens with zero attached hydrogens (tertiary/aromatic N) is 4. The summed E-state index contributed by atoms with van der Waals surface area (Å²) < 4.78 is 6.47. The van der Waals surface area contributed by atoms with E-state index in [1.807, 2.05) is 0 Å². The second-order valence-electron chi connectivity index (χ2n) is 3.75. The van der Waals surface area contributed by atoms with Crippen LogP contribution in [-0.2, 0) is 11.3 Å². The molecule has 0 aliphatic rings. The van der Waals surface area contributed by atoms with Crippen LogP contribution in [0.2, 0.25) is 0 Å². The van der Waals surface area contributed by atoms with Gasteiger partial charge >= 0.3 is 0 Å². The molecule has 0 atom stereocenters. The lowest BCUT2D eigenvalue weighted by atomic mass is 10.3. The van der Waals surface area contributed by atoms with Crippen molar-refractivity contribution in [3.8, 4) is 5.82 Å². The smallest absolute Gasteiger partial charge is 0.251 e. The van der Waals surface area contributed by atoms with Gasteiger partial charge in [0, 0.05) is 26.4 Å². The first kappa shape index (κ1) is 13.0. The van der Waals surface area contributed by atoms with Crippen LogP contribution in [-0.4, -0.2) is 39.8 Å². The summed E-state index contributed by atoms with van der Waals surface area (Å²) in [5.41, 5.74) is 5.50. The maximum absolute atomic E-state index is 11.0. The highest BCUT2D eigenvalue weighted by Gasteiger charge is 2.09. The lowest BCUT2D eigenvalue weighted by Gasteiger charge is -2.07. The van der Waals surface area contributed by atoms with Gasteiger partial charge in [-0.1, -0.05) is 0 Å². The first-order valence-corrected chi connectivity index (χ1v) is 5.53. The van der Waals surface area contributed by atoms with Crippen LogP contribution < -0.4 is 11.1 Å². The third-order valence-corrected chi connectivity index (χ3v) is 2.39.